The normalized spacial score (nSPS) is 10.0. The zero-order valence-corrected chi connectivity index (χ0v) is 10.7. The molecule has 0 radical (unpaired) electrons. The largest absolute Gasteiger partial charge is 0.496 e. The van der Waals surface area contributed by atoms with Crippen molar-refractivity contribution in [3.63, 3.8) is 0 Å². The molecule has 0 atom stereocenters. The molecule has 88 valence electrons. The van der Waals surface area contributed by atoms with E-state index >= 15 is 0 Å². The van der Waals surface area contributed by atoms with Crippen LogP contribution in [0.5, 0.6) is 5.75 Å². The monoisotopic (exact) mass is 239 g/mol. The van der Waals surface area contributed by atoms with E-state index in [4.69, 9.17) is 4.74 Å². The molecule has 0 aliphatic heterocycles. The minimum atomic E-state index is -0.0114. The Morgan fingerprint density at radius 1 is 1.38 bits per heavy atom. The Morgan fingerprint density at radius 2 is 2.06 bits per heavy atom. The number of ether oxygens (including phenoxy) is 1. The summed E-state index contributed by atoms with van der Waals surface area (Å²) < 4.78 is 5.21. The van der Waals surface area contributed by atoms with Crippen molar-refractivity contribution in [1.82, 2.24) is 0 Å². The number of nitrogens with one attached hydrogen (secondary N) is 1. The maximum Gasteiger partial charge on any atom is 0.225 e. The lowest BCUT2D eigenvalue weighted by Crippen LogP contribution is -2.13. The third-order valence-electron chi connectivity index (χ3n) is 2.57. The zero-order valence-electron chi connectivity index (χ0n) is 9.83. The Morgan fingerprint density at radius 3 is 2.62 bits per heavy atom. The standard InChI is InChI=1S/C12H17NO2S/c1-8-9(2)11(15-3)5-4-10(8)13-12(14)6-7-16/h4-5,16H,6-7H2,1-3H3,(H,13,14). The van der Waals surface area contributed by atoms with Crippen molar-refractivity contribution in [2.75, 3.05) is 18.2 Å². The van der Waals surface area contributed by atoms with Crippen LogP contribution in [0.2, 0.25) is 0 Å². The Labute approximate surface area is 102 Å². The molecule has 1 N–H and O–H groups in total. The second-order valence-electron chi connectivity index (χ2n) is 3.59. The number of amides is 1. The molecule has 0 saturated heterocycles. The lowest BCUT2D eigenvalue weighted by molar-refractivity contribution is -0.115. The highest BCUT2D eigenvalue weighted by Gasteiger charge is 2.08. The van der Waals surface area contributed by atoms with Gasteiger partial charge in [0.2, 0.25) is 5.91 Å². The van der Waals surface area contributed by atoms with Gasteiger partial charge in [0.05, 0.1) is 7.11 Å². The molecule has 0 aromatic heterocycles. The summed E-state index contributed by atoms with van der Waals surface area (Å²) >= 11 is 4.02. The Balaban J connectivity index is 2.90. The van der Waals surface area contributed by atoms with Crippen molar-refractivity contribution >= 4 is 24.2 Å². The van der Waals surface area contributed by atoms with Gasteiger partial charge in [0.25, 0.3) is 0 Å². The Hall–Kier alpha value is -1.16. The number of hydrogen-bond acceptors (Lipinski definition) is 3. The third kappa shape index (κ3) is 2.92. The molecule has 0 heterocycles. The van der Waals surface area contributed by atoms with Crippen LogP contribution >= 0.6 is 12.6 Å². The number of benzene rings is 1. The molecule has 4 heteroatoms. The Kier molecular flexibility index (Phi) is 4.68. The molecular weight excluding hydrogens is 222 g/mol. The number of carbonyl (C=O) groups is 1. The first kappa shape index (κ1) is 12.9. The predicted molar refractivity (Wildman–Crippen MR) is 69.6 cm³/mol. The van der Waals surface area contributed by atoms with E-state index in [0.717, 1.165) is 22.6 Å². The van der Waals surface area contributed by atoms with Crippen molar-refractivity contribution in [2.45, 2.75) is 20.3 Å². The van der Waals surface area contributed by atoms with E-state index in [2.05, 4.69) is 17.9 Å². The molecule has 1 amide bonds. The van der Waals surface area contributed by atoms with E-state index in [9.17, 15) is 4.79 Å². The molecule has 1 rings (SSSR count). The number of carbonyl (C=O) groups excluding carboxylic acids is 1. The molecule has 16 heavy (non-hydrogen) atoms. The van der Waals surface area contributed by atoms with E-state index < -0.39 is 0 Å². The quantitative estimate of drug-likeness (QED) is 0.793. The minimum absolute atomic E-state index is 0.0114. The van der Waals surface area contributed by atoms with Gasteiger partial charge in [-0.15, -0.1) is 0 Å². The van der Waals surface area contributed by atoms with Crippen molar-refractivity contribution in [2.24, 2.45) is 0 Å². The lowest BCUT2D eigenvalue weighted by Gasteiger charge is -2.13. The summed E-state index contributed by atoms with van der Waals surface area (Å²) in [5, 5.41) is 2.86. The number of hydrogen-bond donors (Lipinski definition) is 2. The molecule has 0 spiro atoms. The molecule has 0 aliphatic rings. The summed E-state index contributed by atoms with van der Waals surface area (Å²) in [7, 11) is 1.64. The van der Waals surface area contributed by atoms with E-state index in [1.165, 1.54) is 0 Å². The highest BCUT2D eigenvalue weighted by Crippen LogP contribution is 2.27. The van der Waals surface area contributed by atoms with Crippen molar-refractivity contribution in [1.29, 1.82) is 0 Å². The van der Waals surface area contributed by atoms with Gasteiger partial charge in [0.15, 0.2) is 0 Å². The number of rotatable bonds is 4. The fourth-order valence-electron chi connectivity index (χ4n) is 1.47. The van der Waals surface area contributed by atoms with Gasteiger partial charge in [-0.3, -0.25) is 4.79 Å². The van der Waals surface area contributed by atoms with E-state index in [0.29, 0.717) is 12.2 Å². The van der Waals surface area contributed by atoms with Crippen molar-refractivity contribution in [3.05, 3.63) is 23.3 Å². The van der Waals surface area contributed by atoms with Gasteiger partial charge in [-0.25, -0.2) is 0 Å². The van der Waals surface area contributed by atoms with Crippen LogP contribution in [0.25, 0.3) is 0 Å². The molecule has 0 unspecified atom stereocenters. The first-order valence-corrected chi connectivity index (χ1v) is 5.78. The molecule has 1 aromatic carbocycles. The highest BCUT2D eigenvalue weighted by atomic mass is 32.1. The number of thiol groups is 1. The summed E-state index contributed by atoms with van der Waals surface area (Å²) in [4.78, 5) is 11.4. The van der Waals surface area contributed by atoms with Crippen molar-refractivity contribution in [3.8, 4) is 5.75 Å². The molecule has 1 aromatic rings. The Bertz CT molecular complexity index is 391. The second-order valence-corrected chi connectivity index (χ2v) is 4.03. The summed E-state index contributed by atoms with van der Waals surface area (Å²) in [6.45, 7) is 3.94. The van der Waals surface area contributed by atoms with Gasteiger partial charge in [0, 0.05) is 12.1 Å². The maximum atomic E-state index is 11.4. The molecule has 0 saturated carbocycles. The first-order chi connectivity index (χ1) is 7.60. The summed E-state index contributed by atoms with van der Waals surface area (Å²) in [5.74, 6) is 1.38. The van der Waals surface area contributed by atoms with Crippen LogP contribution in [0.3, 0.4) is 0 Å². The van der Waals surface area contributed by atoms with Crippen molar-refractivity contribution < 1.29 is 9.53 Å². The van der Waals surface area contributed by atoms with Crippen LogP contribution in [-0.2, 0) is 4.79 Å². The van der Waals surface area contributed by atoms with Gasteiger partial charge in [-0.05, 0) is 42.9 Å². The maximum absolute atomic E-state index is 11.4. The van der Waals surface area contributed by atoms with Gasteiger partial charge in [-0.2, -0.15) is 12.6 Å². The highest BCUT2D eigenvalue weighted by molar-refractivity contribution is 7.80. The van der Waals surface area contributed by atoms with E-state index in [1.807, 2.05) is 26.0 Å². The van der Waals surface area contributed by atoms with Crippen LogP contribution in [0.4, 0.5) is 5.69 Å². The molecule has 3 nitrogen and oxygen atoms in total. The number of methoxy groups -OCH3 is 1. The predicted octanol–water partition coefficient (Wildman–Crippen LogP) is 2.57. The average Bonchev–Trinajstić information content (AvgIpc) is 2.25. The molecule has 0 fully saturated rings. The SMILES string of the molecule is COc1ccc(NC(=O)CCS)c(C)c1C. The smallest absolute Gasteiger partial charge is 0.225 e. The van der Waals surface area contributed by atoms with Crippen LogP contribution in [-0.4, -0.2) is 18.8 Å². The summed E-state index contributed by atoms with van der Waals surface area (Å²) in [6.07, 6.45) is 0.424. The number of anilines is 1. The van der Waals surface area contributed by atoms with Crippen LogP contribution in [0.15, 0.2) is 12.1 Å². The van der Waals surface area contributed by atoms with E-state index in [1.54, 1.807) is 7.11 Å². The molecular formula is C12H17NO2S. The topological polar surface area (TPSA) is 38.3 Å². The van der Waals surface area contributed by atoms with Gasteiger partial charge in [-0.1, -0.05) is 0 Å². The summed E-state index contributed by atoms with van der Waals surface area (Å²) in [5.41, 5.74) is 2.92. The molecule has 0 aliphatic carbocycles. The van der Waals surface area contributed by atoms with Crippen LogP contribution in [0, 0.1) is 13.8 Å². The molecule has 0 bridgehead atoms. The van der Waals surface area contributed by atoms with Gasteiger partial charge >= 0.3 is 0 Å². The zero-order chi connectivity index (χ0) is 12.1. The minimum Gasteiger partial charge on any atom is -0.496 e. The average molecular weight is 239 g/mol. The lowest BCUT2D eigenvalue weighted by atomic mass is 10.1. The van der Waals surface area contributed by atoms with Gasteiger partial charge < -0.3 is 10.1 Å². The van der Waals surface area contributed by atoms with E-state index in [-0.39, 0.29) is 5.91 Å². The van der Waals surface area contributed by atoms with Crippen LogP contribution < -0.4 is 10.1 Å². The van der Waals surface area contributed by atoms with Crippen LogP contribution in [0.1, 0.15) is 17.5 Å². The second kappa shape index (κ2) is 5.80. The first-order valence-electron chi connectivity index (χ1n) is 5.15. The van der Waals surface area contributed by atoms with Gasteiger partial charge in [0.1, 0.15) is 5.75 Å². The fraction of sp³-hybridized carbons (Fsp3) is 0.417. The fourth-order valence-corrected chi connectivity index (χ4v) is 1.67. The summed E-state index contributed by atoms with van der Waals surface area (Å²) in [6, 6.07) is 3.72. The third-order valence-corrected chi connectivity index (χ3v) is 2.79.